The summed E-state index contributed by atoms with van der Waals surface area (Å²) in [4.78, 5) is 24.9. The molecule has 0 aliphatic rings. The maximum atomic E-state index is 8.56. The molecule has 0 fully saturated rings. The molecule has 0 aliphatic heterocycles. The number of rotatable bonds is 8. The summed E-state index contributed by atoms with van der Waals surface area (Å²) in [6, 6.07) is 0. The van der Waals surface area contributed by atoms with Gasteiger partial charge in [-0.2, -0.15) is 0 Å². The predicted molar refractivity (Wildman–Crippen MR) is 89.9 cm³/mol. The third-order valence-electron chi connectivity index (χ3n) is 2.70. The molecular weight excluding hydrogens is 360 g/mol. The quantitative estimate of drug-likeness (QED) is 0.261. The van der Waals surface area contributed by atoms with Gasteiger partial charge in [-0.3, -0.25) is 10.5 Å². The van der Waals surface area contributed by atoms with Gasteiger partial charge in [0.05, 0.1) is 24.4 Å². The zero-order valence-corrected chi connectivity index (χ0v) is 16.0. The lowest BCUT2D eigenvalue weighted by molar-refractivity contribution is -0.248. The molecule has 0 spiro atoms. The van der Waals surface area contributed by atoms with E-state index in [1.807, 2.05) is 27.7 Å². The molecule has 6 N–H and O–H groups in total. The van der Waals surface area contributed by atoms with E-state index in [0.717, 1.165) is 0 Å². The molecule has 0 saturated heterocycles. The molecule has 12 heteroatoms. The molecule has 26 heavy (non-hydrogen) atoms. The minimum absolute atomic E-state index is 0.192. The van der Waals surface area contributed by atoms with Gasteiger partial charge in [0, 0.05) is 27.1 Å². The lowest BCUT2D eigenvalue weighted by Crippen LogP contribution is -2.24. The summed E-state index contributed by atoms with van der Waals surface area (Å²) in [6.45, 7) is 8.39. The Kier molecular flexibility index (Phi) is 24.2. The summed E-state index contributed by atoms with van der Waals surface area (Å²) >= 11 is 0. The normalized spacial score (nSPS) is 10.2. The van der Waals surface area contributed by atoms with Crippen LogP contribution in [0.5, 0.6) is 0 Å². The molecule has 0 heterocycles. The van der Waals surface area contributed by atoms with Crippen molar-refractivity contribution >= 4 is 12.3 Å². The molecule has 0 aliphatic carbocycles. The highest BCUT2D eigenvalue weighted by molar-refractivity contribution is 5.53. The van der Waals surface area contributed by atoms with E-state index in [9.17, 15) is 0 Å². The SMILES string of the molecule is COC(C)(C)CCOO.COC(C)(C)CCOO.O=C(O)O.O=C(O)O. The summed E-state index contributed by atoms with van der Waals surface area (Å²) in [5, 5.41) is 43.8. The highest BCUT2D eigenvalue weighted by Crippen LogP contribution is 2.12. The van der Waals surface area contributed by atoms with Crippen LogP contribution in [-0.2, 0) is 19.2 Å². The van der Waals surface area contributed by atoms with Crippen molar-refractivity contribution in [1.82, 2.24) is 0 Å². The first-order valence-corrected chi connectivity index (χ1v) is 7.18. The fraction of sp³-hybridized carbons (Fsp3) is 0.857. The van der Waals surface area contributed by atoms with Gasteiger partial charge in [-0.1, -0.05) is 0 Å². The van der Waals surface area contributed by atoms with Crippen molar-refractivity contribution in [3.63, 3.8) is 0 Å². The Morgan fingerprint density at radius 2 is 0.885 bits per heavy atom. The molecule has 0 rings (SSSR count). The molecule has 0 radical (unpaired) electrons. The van der Waals surface area contributed by atoms with Crippen molar-refractivity contribution in [2.75, 3.05) is 27.4 Å². The molecule has 0 bridgehead atoms. The van der Waals surface area contributed by atoms with E-state index in [0.29, 0.717) is 26.1 Å². The molecule has 0 unspecified atom stereocenters. The second-order valence-corrected chi connectivity index (χ2v) is 5.66. The zero-order chi connectivity index (χ0) is 21.8. The van der Waals surface area contributed by atoms with Crippen LogP contribution in [-0.4, -0.2) is 81.9 Å². The highest BCUT2D eigenvalue weighted by atomic mass is 17.1. The molecule has 12 nitrogen and oxygen atoms in total. The first-order chi connectivity index (χ1) is 11.7. The Morgan fingerprint density at radius 3 is 1.00 bits per heavy atom. The third-order valence-corrected chi connectivity index (χ3v) is 2.70. The molecule has 0 amide bonds. The van der Waals surface area contributed by atoms with Gasteiger partial charge in [-0.25, -0.2) is 19.4 Å². The second-order valence-electron chi connectivity index (χ2n) is 5.66. The molecule has 0 aromatic carbocycles. The lowest BCUT2D eigenvalue weighted by atomic mass is 10.1. The smallest absolute Gasteiger partial charge is 0.450 e. The van der Waals surface area contributed by atoms with E-state index in [1.165, 1.54) is 0 Å². The average Bonchev–Trinajstić information content (AvgIpc) is 2.51. The molecular formula is C14H32O12. The van der Waals surface area contributed by atoms with Gasteiger partial charge >= 0.3 is 12.3 Å². The number of methoxy groups -OCH3 is 2. The molecule has 0 aromatic rings. The van der Waals surface area contributed by atoms with Crippen LogP contribution in [0.4, 0.5) is 9.59 Å². The minimum Gasteiger partial charge on any atom is -0.450 e. The van der Waals surface area contributed by atoms with Crippen LogP contribution < -0.4 is 0 Å². The van der Waals surface area contributed by atoms with E-state index < -0.39 is 12.3 Å². The van der Waals surface area contributed by atoms with Crippen LogP contribution >= 0.6 is 0 Å². The number of hydrogen-bond donors (Lipinski definition) is 6. The van der Waals surface area contributed by atoms with Gasteiger partial charge in [0.2, 0.25) is 0 Å². The maximum absolute atomic E-state index is 8.56. The summed E-state index contributed by atoms with van der Waals surface area (Å²) in [5.41, 5.74) is -0.383. The van der Waals surface area contributed by atoms with E-state index in [2.05, 4.69) is 9.78 Å². The van der Waals surface area contributed by atoms with Crippen molar-refractivity contribution in [3.05, 3.63) is 0 Å². The van der Waals surface area contributed by atoms with Gasteiger partial charge < -0.3 is 29.9 Å². The molecule has 0 atom stereocenters. The number of ether oxygens (including phenoxy) is 2. The van der Waals surface area contributed by atoms with Crippen LogP contribution in [0.2, 0.25) is 0 Å². The van der Waals surface area contributed by atoms with Crippen molar-refractivity contribution in [1.29, 1.82) is 0 Å². The Bertz CT molecular complexity index is 290. The molecule has 160 valence electrons. The van der Waals surface area contributed by atoms with E-state index in [-0.39, 0.29) is 11.2 Å². The number of hydrogen-bond acceptors (Lipinski definition) is 8. The van der Waals surface area contributed by atoms with Gasteiger partial charge in [0.25, 0.3) is 0 Å². The van der Waals surface area contributed by atoms with Gasteiger partial charge in [0.15, 0.2) is 0 Å². The standard InChI is InChI=1S/2C6H14O3.2CH2O3/c2*1-6(2,8-3)4-5-9-7;2*2-1(3)4/h2*7H,4-5H2,1-3H3;2*(H2,2,3,4). The molecule has 0 saturated carbocycles. The maximum Gasteiger partial charge on any atom is 0.503 e. The average molecular weight is 392 g/mol. The topological polar surface area (TPSA) is 192 Å². The monoisotopic (exact) mass is 392 g/mol. The zero-order valence-electron chi connectivity index (χ0n) is 16.0. The summed E-state index contributed by atoms with van der Waals surface area (Å²) in [7, 11) is 3.27. The Balaban J connectivity index is -0.000000134. The van der Waals surface area contributed by atoms with E-state index >= 15 is 0 Å². The van der Waals surface area contributed by atoms with Gasteiger partial charge in [-0.15, -0.1) is 0 Å². The van der Waals surface area contributed by atoms with Gasteiger partial charge in [-0.05, 0) is 27.7 Å². The van der Waals surface area contributed by atoms with Gasteiger partial charge in [0.1, 0.15) is 0 Å². The number of carbonyl (C=O) groups is 2. The Labute approximate surface area is 152 Å². The summed E-state index contributed by atoms with van der Waals surface area (Å²) < 4.78 is 10.1. The van der Waals surface area contributed by atoms with Crippen LogP contribution in [0.15, 0.2) is 0 Å². The summed E-state index contributed by atoms with van der Waals surface area (Å²) in [5.74, 6) is 0. The molecule has 0 aromatic heterocycles. The first-order valence-electron chi connectivity index (χ1n) is 7.18. The Hall–Kier alpha value is -1.70. The first kappa shape index (κ1) is 32.0. The highest BCUT2D eigenvalue weighted by Gasteiger charge is 2.15. The van der Waals surface area contributed by atoms with Crippen molar-refractivity contribution in [3.8, 4) is 0 Å². The second kappa shape index (κ2) is 19.6. The van der Waals surface area contributed by atoms with Crippen LogP contribution in [0.3, 0.4) is 0 Å². The third kappa shape index (κ3) is 49.5. The van der Waals surface area contributed by atoms with Crippen molar-refractivity contribution < 1.29 is 59.8 Å². The van der Waals surface area contributed by atoms with Crippen LogP contribution in [0.25, 0.3) is 0 Å². The fourth-order valence-electron chi connectivity index (χ4n) is 0.787. The van der Waals surface area contributed by atoms with E-state index in [1.54, 1.807) is 14.2 Å². The fourth-order valence-corrected chi connectivity index (χ4v) is 0.787. The Morgan fingerprint density at radius 1 is 0.692 bits per heavy atom. The van der Waals surface area contributed by atoms with Crippen LogP contribution in [0.1, 0.15) is 40.5 Å². The van der Waals surface area contributed by atoms with Crippen LogP contribution in [0, 0.1) is 0 Å². The predicted octanol–water partition coefficient (Wildman–Crippen LogP) is 3.03. The number of carboxylic acid groups (broad SMARTS) is 4. The summed E-state index contributed by atoms with van der Waals surface area (Å²) in [6.07, 6.45) is -2.28. The largest absolute Gasteiger partial charge is 0.503 e. The van der Waals surface area contributed by atoms with Crippen molar-refractivity contribution in [2.24, 2.45) is 0 Å². The minimum atomic E-state index is -1.83. The lowest BCUT2D eigenvalue weighted by Gasteiger charge is -2.21. The van der Waals surface area contributed by atoms with E-state index in [4.69, 9.17) is 50.0 Å². The van der Waals surface area contributed by atoms with Crippen molar-refractivity contribution in [2.45, 2.75) is 51.7 Å².